The van der Waals surface area contributed by atoms with Gasteiger partial charge in [0, 0.05) is 132 Å². The van der Waals surface area contributed by atoms with Crippen LogP contribution in [-0.2, 0) is 4.79 Å². The molecule has 0 aliphatic rings. The van der Waals surface area contributed by atoms with Crippen molar-refractivity contribution in [3.8, 4) is 0 Å². The Balaban J connectivity index is -0.000000282. The van der Waals surface area contributed by atoms with Gasteiger partial charge in [0.2, 0.25) is 0 Å². The zero-order valence-electron chi connectivity index (χ0n) is 10.6. The predicted octanol–water partition coefficient (Wildman–Crippen LogP) is -1.18. The number of carbonyl (C=O) groups excluding carboxylic acids is 1. The van der Waals surface area contributed by atoms with Crippen LogP contribution in [0.25, 0.3) is 0 Å². The molecule has 17 heavy (non-hydrogen) atoms. The third kappa shape index (κ3) is 6.64. The second-order valence-corrected chi connectivity index (χ2v) is 4.13. The summed E-state index contributed by atoms with van der Waals surface area (Å²) in [7, 11) is 0. The van der Waals surface area contributed by atoms with Crippen molar-refractivity contribution in [2.45, 2.75) is 44.5 Å². The van der Waals surface area contributed by atoms with Gasteiger partial charge in [-0.2, -0.15) is 0 Å². The molecule has 0 heterocycles. The van der Waals surface area contributed by atoms with Crippen LogP contribution in [0.2, 0.25) is 0 Å². The summed E-state index contributed by atoms with van der Waals surface area (Å²) in [5, 5.41) is 38.0. The fourth-order valence-electron chi connectivity index (χ4n) is 1.02. The topological polar surface area (TPSA) is 98.0 Å². The van der Waals surface area contributed by atoms with E-state index in [2.05, 4.69) is 0 Å². The van der Waals surface area contributed by atoms with Gasteiger partial charge in [0.05, 0.1) is 6.61 Å². The van der Waals surface area contributed by atoms with Crippen LogP contribution in [0, 0.1) is 132 Å². The Morgan fingerprint density at radius 2 is 1.29 bits per heavy atom. The smallest absolute Gasteiger partial charge is 0.164 e. The summed E-state index contributed by atoms with van der Waals surface area (Å²) in [4.78, 5) is 11.1. The van der Waals surface area contributed by atoms with Gasteiger partial charge >= 0.3 is 0 Å². The Morgan fingerprint density at radius 1 is 1.00 bits per heavy atom. The molecule has 93 valence electrons. The Hall–Kier alpha value is 3.83. The van der Waals surface area contributed by atoms with E-state index in [-0.39, 0.29) is 132 Å². The molecule has 5 nitrogen and oxygen atoms in total. The zero-order valence-corrected chi connectivity index (χ0v) is 24.9. The van der Waals surface area contributed by atoms with Gasteiger partial charge in [0.25, 0.3) is 0 Å². The van der Waals surface area contributed by atoms with E-state index >= 15 is 0 Å². The fraction of sp³-hybridized carbons (Fsp3) is 0.889. The first kappa shape index (κ1) is 28.9. The summed E-state index contributed by atoms with van der Waals surface area (Å²) < 4.78 is 0. The van der Waals surface area contributed by atoms with E-state index in [1.807, 2.05) is 0 Å². The number of Topliss-reactive ketones (excluding diaryl/α,β-unsaturated/α-hetero) is 1. The van der Waals surface area contributed by atoms with Crippen molar-refractivity contribution in [3.63, 3.8) is 0 Å². The molecule has 8 heteroatoms. The molecule has 0 bridgehead atoms. The second-order valence-electron chi connectivity index (χ2n) is 4.13. The Kier molecular flexibility index (Phi) is 17.9. The zero-order chi connectivity index (χ0) is 11.8. The van der Waals surface area contributed by atoms with Crippen molar-refractivity contribution >= 4 is 5.78 Å². The Bertz CT molecular complexity index is 241. The van der Waals surface area contributed by atoms with E-state index in [9.17, 15) is 20.1 Å². The number of rotatable bonds is 4. The van der Waals surface area contributed by atoms with Gasteiger partial charge in [-0.25, -0.2) is 0 Å². The molecule has 0 aliphatic carbocycles. The van der Waals surface area contributed by atoms with Gasteiger partial charge in [-0.15, -0.1) is 0 Å². The van der Waals surface area contributed by atoms with Gasteiger partial charge in [0.1, 0.15) is 11.2 Å². The normalized spacial score (nSPS) is 20.2. The van der Waals surface area contributed by atoms with Crippen molar-refractivity contribution in [2.24, 2.45) is 0 Å². The first-order valence-corrected chi connectivity index (χ1v) is 4.29. The van der Waals surface area contributed by atoms with Gasteiger partial charge < -0.3 is 20.4 Å². The molecule has 0 amide bonds. The first-order valence-electron chi connectivity index (χ1n) is 4.29. The molecule has 4 N–H and O–H groups in total. The molecule has 3 radical (unpaired) electrons. The van der Waals surface area contributed by atoms with Crippen LogP contribution in [-0.4, -0.2) is 49.6 Å². The molecular weight excluding hydrogens is 869 g/mol. The summed E-state index contributed by atoms with van der Waals surface area (Å²) in [5.41, 5.74) is -6.19. The van der Waals surface area contributed by atoms with Crippen LogP contribution in [0.3, 0.4) is 0 Å². The largest absolute Gasteiger partial charge is 0.393 e. The Labute approximate surface area is 209 Å². The summed E-state index contributed by atoms with van der Waals surface area (Å²) >= 11 is 0. The van der Waals surface area contributed by atoms with Crippen molar-refractivity contribution in [2.75, 3.05) is 6.61 Å². The standard InChI is InChI=1S/C9H18O5.3Ac/c1-6(11)8(3,13)9(4,14)7(2,12)5-10;;;/h10,12-14H,5H2,1-4H3;;;. The molecule has 0 aliphatic heterocycles. The molecule has 0 saturated heterocycles. The van der Waals surface area contributed by atoms with E-state index in [0.29, 0.717) is 0 Å². The Morgan fingerprint density at radius 3 is 1.47 bits per heavy atom. The molecule has 0 rings (SSSR count). The minimum atomic E-state index is -2.12. The molecule has 0 aromatic rings. The third-order valence-corrected chi connectivity index (χ3v) is 2.99. The molecule has 0 fully saturated rings. The van der Waals surface area contributed by atoms with Crippen molar-refractivity contribution in [3.05, 3.63) is 0 Å². The average Bonchev–Trinajstić information content (AvgIpc) is 2.03. The van der Waals surface area contributed by atoms with E-state index in [1.165, 1.54) is 0 Å². The van der Waals surface area contributed by atoms with E-state index in [1.54, 1.807) is 0 Å². The fourth-order valence-corrected chi connectivity index (χ4v) is 1.02. The summed E-state index contributed by atoms with van der Waals surface area (Å²) in [6, 6.07) is 0. The maximum Gasteiger partial charge on any atom is 0.164 e. The van der Waals surface area contributed by atoms with Crippen LogP contribution in [0.4, 0.5) is 0 Å². The monoisotopic (exact) mass is 887 g/mol. The van der Waals surface area contributed by atoms with Gasteiger partial charge in [-0.05, 0) is 27.7 Å². The molecule has 0 spiro atoms. The SMILES string of the molecule is CC(=O)C(C)(O)C(C)(O)C(C)(O)CO.[Ac].[Ac].[Ac]. The van der Waals surface area contributed by atoms with Crippen molar-refractivity contribution < 1.29 is 157 Å². The molecule has 3 unspecified atom stereocenters. The summed E-state index contributed by atoms with van der Waals surface area (Å²) in [5.74, 6) is -0.684. The van der Waals surface area contributed by atoms with Crippen LogP contribution in [0.5, 0.6) is 0 Å². The number of aliphatic hydroxyl groups excluding tert-OH is 1. The first-order chi connectivity index (χ1) is 6.00. The number of ketones is 1. The van der Waals surface area contributed by atoms with E-state index < -0.39 is 29.2 Å². The predicted molar refractivity (Wildman–Crippen MR) is 49.6 cm³/mol. The third-order valence-electron chi connectivity index (χ3n) is 2.99. The molecule has 0 aromatic heterocycles. The molecular formula is C9H18Ac3O5. The average molecular weight is 887 g/mol. The summed E-state index contributed by atoms with van der Waals surface area (Å²) in [6.07, 6.45) is 0. The molecule has 0 aromatic carbocycles. The number of carbonyl (C=O) groups is 1. The van der Waals surface area contributed by atoms with Gasteiger partial charge in [0.15, 0.2) is 11.4 Å². The number of hydrogen-bond donors (Lipinski definition) is 4. The molecule has 0 saturated carbocycles. The van der Waals surface area contributed by atoms with Crippen LogP contribution < -0.4 is 0 Å². The van der Waals surface area contributed by atoms with Gasteiger partial charge in [-0.1, -0.05) is 0 Å². The van der Waals surface area contributed by atoms with Crippen LogP contribution in [0.15, 0.2) is 0 Å². The quantitative estimate of drug-likeness (QED) is 0.286. The van der Waals surface area contributed by atoms with Crippen LogP contribution >= 0.6 is 0 Å². The summed E-state index contributed by atoms with van der Waals surface area (Å²) in [6.45, 7) is 3.68. The second kappa shape index (κ2) is 10.5. The number of aliphatic hydroxyl groups is 4. The number of hydrogen-bond acceptors (Lipinski definition) is 5. The maximum absolute atomic E-state index is 11.1. The van der Waals surface area contributed by atoms with E-state index in [0.717, 1.165) is 27.7 Å². The molecule has 3 atom stereocenters. The van der Waals surface area contributed by atoms with Crippen molar-refractivity contribution in [1.82, 2.24) is 0 Å². The van der Waals surface area contributed by atoms with E-state index in [4.69, 9.17) is 5.11 Å². The minimum absolute atomic E-state index is 0. The van der Waals surface area contributed by atoms with Crippen LogP contribution in [0.1, 0.15) is 27.7 Å². The maximum atomic E-state index is 11.1. The van der Waals surface area contributed by atoms with Crippen molar-refractivity contribution in [1.29, 1.82) is 0 Å². The minimum Gasteiger partial charge on any atom is -0.393 e. The van der Waals surface area contributed by atoms with Gasteiger partial charge in [-0.3, -0.25) is 4.79 Å².